The van der Waals surface area contributed by atoms with E-state index in [4.69, 9.17) is 0 Å². The van der Waals surface area contributed by atoms with Crippen LogP contribution >= 0.6 is 0 Å². The number of carbonyl (C=O) groups excluding carboxylic acids is 4. The number of rotatable bonds is 12. The van der Waals surface area contributed by atoms with Gasteiger partial charge >= 0.3 is 46.1 Å². The molecule has 0 spiro atoms. The molecule has 0 aliphatic carbocycles. The second kappa shape index (κ2) is 39.0. The van der Waals surface area contributed by atoms with Gasteiger partial charge in [0.2, 0.25) is 0 Å². The molecule has 0 heterocycles. The average Bonchev–Trinajstić information content (AvgIpc) is 2.62. The molecule has 0 aliphatic rings. The summed E-state index contributed by atoms with van der Waals surface area (Å²) in [5.41, 5.74) is 0. The molecule has 30 heavy (non-hydrogen) atoms. The summed E-state index contributed by atoms with van der Waals surface area (Å²) in [5.74, 6) is -3.77. The van der Waals surface area contributed by atoms with Crippen molar-refractivity contribution in [3.05, 3.63) is 0 Å². The quantitative estimate of drug-likeness (QED) is 0.338. The third-order valence-corrected chi connectivity index (χ3v) is 2.94. The molecule has 0 saturated heterocycles. The van der Waals surface area contributed by atoms with Crippen molar-refractivity contribution in [3.63, 3.8) is 0 Å². The Morgan fingerprint density at radius 3 is 0.600 bits per heavy atom. The van der Waals surface area contributed by atoms with Gasteiger partial charge in [0.1, 0.15) is 0 Å². The van der Waals surface area contributed by atoms with Crippen molar-refractivity contribution in [2.75, 3.05) is 0 Å². The van der Waals surface area contributed by atoms with Gasteiger partial charge in [-0.3, -0.25) is 0 Å². The first-order valence-electron chi connectivity index (χ1n) is 9.88. The normalized spacial score (nSPS) is 8.13. The summed E-state index contributed by atoms with van der Waals surface area (Å²) in [6.45, 7) is 7.79. The van der Waals surface area contributed by atoms with Crippen LogP contribution in [0.2, 0.25) is 0 Å². The van der Waals surface area contributed by atoms with Gasteiger partial charge in [0.05, 0.1) is 0 Å². The van der Waals surface area contributed by atoms with Crippen LogP contribution in [0.5, 0.6) is 0 Å². The number of aliphatic carboxylic acids is 4. The van der Waals surface area contributed by atoms with Crippen LogP contribution in [0, 0.1) is 0 Å². The van der Waals surface area contributed by atoms with Gasteiger partial charge in [-0.05, 0) is 51.4 Å². The van der Waals surface area contributed by atoms with Crippen molar-refractivity contribution < 1.29 is 39.6 Å². The van der Waals surface area contributed by atoms with Gasteiger partial charge in [-0.25, -0.2) is 0 Å². The van der Waals surface area contributed by atoms with Crippen LogP contribution < -0.4 is 20.4 Å². The van der Waals surface area contributed by atoms with Crippen LogP contribution in [0.4, 0.5) is 0 Å². The van der Waals surface area contributed by atoms with Crippen molar-refractivity contribution in [2.45, 2.75) is 105 Å². The molecule has 0 bridgehead atoms. The minimum Gasteiger partial charge on any atom is -0.550 e. The molecule has 8 nitrogen and oxygen atoms in total. The van der Waals surface area contributed by atoms with Crippen molar-refractivity contribution in [1.82, 2.24) is 0 Å². The molecule has 0 fully saturated rings. The third-order valence-electron chi connectivity index (χ3n) is 2.94. The van der Waals surface area contributed by atoms with E-state index in [0.29, 0.717) is 0 Å². The Bertz CT molecular complexity index is 319. The first-order valence-corrected chi connectivity index (χ1v) is 9.88. The zero-order valence-electron chi connectivity index (χ0n) is 19.2. The predicted octanol–water partition coefficient (Wildman–Crippen LogP) is -1.06. The Balaban J connectivity index is -0.0000000626. The van der Waals surface area contributed by atoms with Crippen LogP contribution in [0.3, 0.4) is 0 Å². The van der Waals surface area contributed by atoms with Gasteiger partial charge in [-0.1, -0.05) is 53.4 Å². The molecule has 0 aromatic heterocycles. The molecule has 10 heteroatoms. The SMILES string of the molecule is CCCCC(=O)[O-].CCCCC(=O)[O-].CCCCC(=O)[O-].CCCCC(=O)[O-].[Mg+2].[Mg+2]. The first kappa shape index (κ1) is 43.3. The van der Waals surface area contributed by atoms with E-state index >= 15 is 0 Å². The Morgan fingerprint density at radius 2 is 0.567 bits per heavy atom. The van der Waals surface area contributed by atoms with Crippen molar-refractivity contribution >= 4 is 70.0 Å². The van der Waals surface area contributed by atoms with E-state index in [2.05, 4.69) is 0 Å². The van der Waals surface area contributed by atoms with Crippen LogP contribution in [-0.2, 0) is 19.2 Å². The monoisotopic (exact) mass is 452 g/mol. The molecule has 0 rings (SSSR count). The molecule has 0 saturated carbocycles. The maximum atomic E-state index is 9.65. The topological polar surface area (TPSA) is 161 Å². The maximum absolute atomic E-state index is 9.65. The van der Waals surface area contributed by atoms with Gasteiger partial charge in [0, 0.05) is 23.9 Å². The van der Waals surface area contributed by atoms with E-state index in [1.165, 1.54) is 0 Å². The summed E-state index contributed by atoms with van der Waals surface area (Å²) >= 11 is 0. The standard InChI is InChI=1S/4C5H10O2.2Mg/c4*1-2-3-4-5(6)7;;/h4*2-4H2,1H3,(H,6,7);;/q;;;;2*+2/p-4. The largest absolute Gasteiger partial charge is 2.00 e. The van der Waals surface area contributed by atoms with Crippen molar-refractivity contribution in [3.8, 4) is 0 Å². The Morgan fingerprint density at radius 1 is 0.433 bits per heavy atom. The Kier molecular flexibility index (Phi) is 56.2. The fourth-order valence-corrected chi connectivity index (χ4v) is 1.28. The molecule has 0 amide bonds. The second-order valence-electron chi connectivity index (χ2n) is 5.90. The summed E-state index contributed by atoms with van der Waals surface area (Å²) in [6.07, 6.45) is 7.47. The molecular weight excluding hydrogens is 417 g/mol. The van der Waals surface area contributed by atoms with Gasteiger partial charge in [0.15, 0.2) is 0 Å². The Labute approximate surface area is 213 Å². The number of carboxylic acid groups (broad SMARTS) is 4. The van der Waals surface area contributed by atoms with Crippen LogP contribution in [0.15, 0.2) is 0 Å². The molecule has 0 N–H and O–H groups in total. The zero-order valence-corrected chi connectivity index (χ0v) is 22.0. The molecule has 0 radical (unpaired) electrons. The Hall–Kier alpha value is -0.588. The summed E-state index contributed by atoms with van der Waals surface area (Å²) < 4.78 is 0. The van der Waals surface area contributed by atoms with Crippen molar-refractivity contribution in [2.24, 2.45) is 0 Å². The van der Waals surface area contributed by atoms with Gasteiger partial charge in [-0.2, -0.15) is 0 Å². The van der Waals surface area contributed by atoms with Crippen LogP contribution in [0.25, 0.3) is 0 Å². The zero-order chi connectivity index (χ0) is 22.8. The van der Waals surface area contributed by atoms with Gasteiger partial charge < -0.3 is 39.6 Å². The fraction of sp³-hybridized carbons (Fsp3) is 0.800. The molecule has 0 aromatic rings. The van der Waals surface area contributed by atoms with E-state index in [-0.39, 0.29) is 71.8 Å². The maximum Gasteiger partial charge on any atom is 2.00 e. The summed E-state index contributed by atoms with van der Waals surface area (Å²) in [5, 5.41) is 38.6. The van der Waals surface area contributed by atoms with E-state index < -0.39 is 23.9 Å². The molecule has 0 aliphatic heterocycles. The van der Waals surface area contributed by atoms with Gasteiger partial charge in [0.25, 0.3) is 0 Å². The second-order valence-corrected chi connectivity index (χ2v) is 5.90. The van der Waals surface area contributed by atoms with Crippen LogP contribution in [0.1, 0.15) is 105 Å². The number of hydrogen-bond acceptors (Lipinski definition) is 8. The van der Waals surface area contributed by atoms with E-state index in [1.807, 2.05) is 27.7 Å². The minimum absolute atomic E-state index is 0. The summed E-state index contributed by atoms with van der Waals surface area (Å²) in [6, 6.07) is 0. The predicted molar refractivity (Wildman–Crippen MR) is 110 cm³/mol. The molecule has 0 aromatic carbocycles. The summed E-state index contributed by atoms with van der Waals surface area (Å²) in [7, 11) is 0. The smallest absolute Gasteiger partial charge is 0.550 e. The average molecular weight is 453 g/mol. The number of carbonyl (C=O) groups is 4. The van der Waals surface area contributed by atoms with Crippen LogP contribution in [-0.4, -0.2) is 70.0 Å². The van der Waals surface area contributed by atoms with E-state index in [0.717, 1.165) is 51.4 Å². The van der Waals surface area contributed by atoms with E-state index in [1.54, 1.807) is 0 Å². The number of hydrogen-bond donors (Lipinski definition) is 0. The third kappa shape index (κ3) is 80.5. The fourth-order valence-electron chi connectivity index (χ4n) is 1.28. The molecule has 0 atom stereocenters. The van der Waals surface area contributed by atoms with Gasteiger partial charge in [-0.15, -0.1) is 0 Å². The van der Waals surface area contributed by atoms with E-state index in [9.17, 15) is 39.6 Å². The molecule has 168 valence electrons. The molecule has 0 unspecified atom stereocenters. The number of carboxylic acids is 4. The molecular formula is C20H36Mg2O8. The first-order chi connectivity index (χ1) is 13.1. The summed E-state index contributed by atoms with van der Waals surface area (Å²) in [4.78, 5) is 38.6. The number of unbranched alkanes of at least 4 members (excludes halogenated alkanes) is 4. The van der Waals surface area contributed by atoms with Crippen molar-refractivity contribution in [1.29, 1.82) is 0 Å². The minimum atomic E-state index is -0.943.